The number of rotatable bonds is 7. The first-order chi connectivity index (χ1) is 14.9. The van der Waals surface area contributed by atoms with Gasteiger partial charge in [-0.15, -0.1) is 0 Å². The summed E-state index contributed by atoms with van der Waals surface area (Å²) in [5.74, 6) is -0.276. The van der Waals surface area contributed by atoms with E-state index in [1.54, 1.807) is 0 Å². The van der Waals surface area contributed by atoms with Crippen LogP contribution in [0.4, 0.5) is 13.2 Å². The minimum atomic E-state index is -4.45. The molecule has 0 saturated carbocycles. The van der Waals surface area contributed by atoms with E-state index in [1.165, 1.54) is 30.9 Å². The number of carbonyl (C=O) groups is 1. The molecular formula is C20H22F3N3O5S. The van der Waals surface area contributed by atoms with Crippen LogP contribution in [0.5, 0.6) is 0 Å². The van der Waals surface area contributed by atoms with Gasteiger partial charge in [0.15, 0.2) is 5.76 Å². The Balaban J connectivity index is 1.76. The summed E-state index contributed by atoms with van der Waals surface area (Å²) in [5.41, 5.74) is -0.122. The highest BCUT2D eigenvalue weighted by molar-refractivity contribution is 7.89. The number of hydrogen-bond acceptors (Lipinski definition) is 6. The Morgan fingerprint density at radius 2 is 1.97 bits per heavy atom. The van der Waals surface area contributed by atoms with Gasteiger partial charge in [-0.3, -0.25) is 4.79 Å². The van der Waals surface area contributed by atoms with Gasteiger partial charge in [0.25, 0.3) is 0 Å². The van der Waals surface area contributed by atoms with Crippen molar-refractivity contribution >= 4 is 15.9 Å². The quantitative estimate of drug-likeness (QED) is 0.621. The molecule has 1 aromatic heterocycles. The van der Waals surface area contributed by atoms with Crippen molar-refractivity contribution in [2.24, 2.45) is 0 Å². The van der Waals surface area contributed by atoms with Gasteiger partial charge in [-0.05, 0) is 37.6 Å². The second kappa shape index (κ2) is 9.04. The van der Waals surface area contributed by atoms with Crippen LogP contribution in [0.1, 0.15) is 22.6 Å². The number of nitrogens with zero attached hydrogens (tertiary/aromatic N) is 2. The molecular weight excluding hydrogens is 451 g/mol. The molecule has 8 nitrogen and oxygen atoms in total. The zero-order valence-electron chi connectivity index (χ0n) is 17.3. The Labute approximate surface area is 183 Å². The van der Waals surface area contributed by atoms with E-state index in [2.05, 4.69) is 16.5 Å². The van der Waals surface area contributed by atoms with Gasteiger partial charge in [0.05, 0.1) is 24.3 Å². The molecule has 2 unspecified atom stereocenters. The number of amides is 1. The van der Waals surface area contributed by atoms with Gasteiger partial charge in [-0.1, -0.05) is 23.9 Å². The molecule has 0 aliphatic carbocycles. The molecule has 1 saturated heterocycles. The van der Waals surface area contributed by atoms with Crippen molar-refractivity contribution in [2.45, 2.75) is 43.7 Å². The summed E-state index contributed by atoms with van der Waals surface area (Å²) in [6, 6.07) is 3.66. The number of aryl methyl sites for hydroxylation is 2. The second-order valence-corrected chi connectivity index (χ2v) is 9.02. The van der Waals surface area contributed by atoms with Crippen LogP contribution in [0.25, 0.3) is 0 Å². The number of carbonyl (C=O) groups excluding carboxylic acids is 1. The maximum Gasteiger partial charge on any atom is 0.416 e. The smallest absolute Gasteiger partial charge is 0.370 e. The molecule has 2 aromatic rings. The number of hydrogen-bond donors (Lipinski definition) is 1. The maximum atomic E-state index is 12.9. The molecule has 1 amide bonds. The van der Waals surface area contributed by atoms with E-state index in [1.807, 2.05) is 0 Å². The standard InChI is InChI=1S/C20H22F3N3O5S/c1-4-18(27)26-9-16(25-32(28,29)19-12(2)24-31-13(19)3)17(10-26)30-11-14-5-7-15(8-6-14)20(21,22)23/h4-8,16-17,25H,1,9-11H2,2-3H3. The number of sulfonamides is 1. The van der Waals surface area contributed by atoms with Gasteiger partial charge in [0.1, 0.15) is 10.6 Å². The highest BCUT2D eigenvalue weighted by Crippen LogP contribution is 2.29. The lowest BCUT2D eigenvalue weighted by Crippen LogP contribution is -2.44. The van der Waals surface area contributed by atoms with Crippen LogP contribution in [0.2, 0.25) is 0 Å². The van der Waals surface area contributed by atoms with E-state index >= 15 is 0 Å². The summed E-state index contributed by atoms with van der Waals surface area (Å²) in [4.78, 5) is 13.3. The van der Waals surface area contributed by atoms with Gasteiger partial charge in [0, 0.05) is 13.1 Å². The largest absolute Gasteiger partial charge is 0.416 e. The maximum absolute atomic E-state index is 12.9. The third kappa shape index (κ3) is 5.19. The van der Waals surface area contributed by atoms with Gasteiger partial charge in [0.2, 0.25) is 15.9 Å². The molecule has 1 N–H and O–H groups in total. The molecule has 1 fully saturated rings. The first-order valence-corrected chi connectivity index (χ1v) is 11.0. The summed E-state index contributed by atoms with van der Waals surface area (Å²) in [6.45, 7) is 6.44. The minimum absolute atomic E-state index is 0.0329. The van der Waals surface area contributed by atoms with Crippen LogP contribution < -0.4 is 4.72 Å². The van der Waals surface area contributed by atoms with Crippen LogP contribution in [0.15, 0.2) is 46.3 Å². The molecule has 2 atom stereocenters. The Bertz CT molecular complexity index is 1080. The third-order valence-corrected chi connectivity index (χ3v) is 6.77. The van der Waals surface area contributed by atoms with Gasteiger partial charge < -0.3 is 14.2 Å². The highest BCUT2D eigenvalue weighted by atomic mass is 32.2. The lowest BCUT2D eigenvalue weighted by molar-refractivity contribution is -0.137. The van der Waals surface area contributed by atoms with Crippen molar-refractivity contribution in [1.29, 1.82) is 0 Å². The van der Waals surface area contributed by atoms with Crippen LogP contribution in [-0.2, 0) is 32.3 Å². The monoisotopic (exact) mass is 473 g/mol. The summed E-state index contributed by atoms with van der Waals surface area (Å²) in [6.07, 6.45) is -4.08. The fourth-order valence-corrected chi connectivity index (χ4v) is 5.06. The number of benzene rings is 1. The van der Waals surface area contributed by atoms with Crippen molar-refractivity contribution in [1.82, 2.24) is 14.8 Å². The molecule has 32 heavy (non-hydrogen) atoms. The van der Waals surface area contributed by atoms with Crippen LogP contribution in [0, 0.1) is 13.8 Å². The summed E-state index contributed by atoms with van der Waals surface area (Å²) < 4.78 is 77.2. The molecule has 1 aliphatic rings. The average Bonchev–Trinajstić information content (AvgIpc) is 3.27. The van der Waals surface area contributed by atoms with Gasteiger partial charge in [-0.2, -0.15) is 13.2 Å². The zero-order chi connectivity index (χ0) is 23.7. The van der Waals surface area contributed by atoms with Crippen molar-refractivity contribution in [3.8, 4) is 0 Å². The predicted molar refractivity (Wildman–Crippen MR) is 107 cm³/mol. The summed E-state index contributed by atoms with van der Waals surface area (Å²) in [7, 11) is -4.03. The number of halogens is 3. The average molecular weight is 473 g/mol. The Kier molecular flexibility index (Phi) is 6.77. The Morgan fingerprint density at radius 3 is 2.50 bits per heavy atom. The Morgan fingerprint density at radius 1 is 1.31 bits per heavy atom. The predicted octanol–water partition coefficient (Wildman–Crippen LogP) is 2.57. The van der Waals surface area contributed by atoms with Crippen LogP contribution in [-0.4, -0.2) is 49.6 Å². The van der Waals surface area contributed by atoms with Crippen molar-refractivity contribution in [2.75, 3.05) is 13.1 Å². The van der Waals surface area contributed by atoms with Gasteiger partial charge >= 0.3 is 6.18 Å². The summed E-state index contributed by atoms with van der Waals surface area (Å²) >= 11 is 0. The molecule has 0 radical (unpaired) electrons. The van der Waals surface area contributed by atoms with Crippen LogP contribution in [0.3, 0.4) is 0 Å². The topological polar surface area (TPSA) is 102 Å². The molecule has 0 spiro atoms. The van der Waals surface area contributed by atoms with E-state index in [9.17, 15) is 26.4 Å². The SMILES string of the molecule is C=CC(=O)N1CC(NS(=O)(=O)c2c(C)noc2C)C(OCc2ccc(C(F)(F)F)cc2)C1. The van der Waals surface area contributed by atoms with E-state index in [0.29, 0.717) is 5.56 Å². The van der Waals surface area contributed by atoms with Gasteiger partial charge in [-0.25, -0.2) is 13.1 Å². The fourth-order valence-electron chi connectivity index (χ4n) is 3.47. The molecule has 1 aromatic carbocycles. The number of aromatic nitrogens is 1. The molecule has 174 valence electrons. The molecule has 3 rings (SSSR count). The number of alkyl halides is 3. The normalized spacial score (nSPS) is 19.3. The molecule has 0 bridgehead atoms. The minimum Gasteiger partial charge on any atom is -0.370 e. The van der Waals surface area contributed by atoms with E-state index in [0.717, 1.165) is 18.2 Å². The fraction of sp³-hybridized carbons (Fsp3) is 0.400. The van der Waals surface area contributed by atoms with Crippen molar-refractivity contribution in [3.05, 3.63) is 59.5 Å². The summed E-state index contributed by atoms with van der Waals surface area (Å²) in [5, 5.41) is 3.65. The van der Waals surface area contributed by atoms with Crippen LogP contribution >= 0.6 is 0 Å². The lowest BCUT2D eigenvalue weighted by atomic mass is 10.1. The number of ether oxygens (including phenoxy) is 1. The Hall–Kier alpha value is -2.70. The highest BCUT2D eigenvalue weighted by Gasteiger charge is 2.39. The molecule has 1 aliphatic heterocycles. The molecule has 12 heteroatoms. The van der Waals surface area contributed by atoms with Crippen molar-refractivity contribution in [3.63, 3.8) is 0 Å². The first kappa shape index (κ1) is 24.0. The first-order valence-electron chi connectivity index (χ1n) is 9.56. The second-order valence-electron chi connectivity index (χ2n) is 7.37. The number of likely N-dealkylation sites (tertiary alicyclic amines) is 1. The van der Waals surface area contributed by atoms with Crippen molar-refractivity contribution < 1.29 is 35.6 Å². The van der Waals surface area contributed by atoms with E-state index < -0.39 is 39.8 Å². The van der Waals surface area contributed by atoms with E-state index in [-0.39, 0.29) is 36.0 Å². The molecule has 2 heterocycles. The third-order valence-electron chi connectivity index (χ3n) is 5.04. The lowest BCUT2D eigenvalue weighted by Gasteiger charge is -2.20. The van der Waals surface area contributed by atoms with E-state index in [4.69, 9.17) is 9.26 Å². The zero-order valence-corrected chi connectivity index (χ0v) is 18.2. The number of nitrogens with one attached hydrogen (secondary N) is 1.